The van der Waals surface area contributed by atoms with E-state index in [4.69, 9.17) is 44.8 Å². The first-order chi connectivity index (χ1) is 40.1. The van der Waals surface area contributed by atoms with Crippen LogP contribution in [0, 0.1) is 23.3 Å². The average Bonchev–Trinajstić information content (AvgIpc) is 3.63. The molecule has 12 rings (SSSR count). The van der Waals surface area contributed by atoms with Gasteiger partial charge in [-0.15, -0.1) is 0 Å². The maximum Gasteiger partial charge on any atom is 0.335 e. The summed E-state index contributed by atoms with van der Waals surface area (Å²) < 4.78 is 100. The summed E-state index contributed by atoms with van der Waals surface area (Å²) in [6.45, 7) is 1.48. The molecule has 0 aliphatic carbocycles. The van der Waals surface area contributed by atoms with Gasteiger partial charge in [0.15, 0.2) is 34.6 Å². The van der Waals surface area contributed by atoms with Crippen LogP contribution in [0.4, 0.5) is 28.9 Å². The number of pyridine rings is 3. The number of hydrogen-bond acceptors (Lipinski definition) is 14. The number of fused-ring (bicyclic) bond motifs is 6. The van der Waals surface area contributed by atoms with Gasteiger partial charge in [0, 0.05) is 55.7 Å². The number of carbonyl (C=O) groups is 2. The van der Waals surface area contributed by atoms with Gasteiger partial charge in [-0.05, 0) is 103 Å². The minimum atomic E-state index is -0.960. The Morgan fingerprint density at radius 2 is 1.17 bits per heavy atom. The third-order valence-electron chi connectivity index (χ3n) is 12.8. The summed E-state index contributed by atoms with van der Waals surface area (Å²) >= 11 is 6.38. The van der Waals surface area contributed by atoms with Crippen molar-refractivity contribution >= 4 is 56.6 Å². The fourth-order valence-corrected chi connectivity index (χ4v) is 9.14. The zero-order valence-electron chi connectivity index (χ0n) is 43.2. The predicted molar refractivity (Wildman–Crippen MR) is 295 cm³/mol. The van der Waals surface area contributed by atoms with E-state index in [0.717, 1.165) is 44.2 Å². The van der Waals surface area contributed by atoms with Crippen molar-refractivity contribution in [1.29, 1.82) is 0 Å². The molecule has 0 bridgehead atoms. The molecule has 2 amide bonds. The molecule has 418 valence electrons. The molecule has 2 N–H and O–H groups in total. The lowest BCUT2D eigenvalue weighted by molar-refractivity contribution is 0.101. The molecule has 10 aromatic rings. The van der Waals surface area contributed by atoms with Crippen molar-refractivity contribution in [2.45, 2.75) is 0 Å². The number of hydrogen-bond donors (Lipinski definition) is 2. The van der Waals surface area contributed by atoms with Crippen molar-refractivity contribution in [2.24, 2.45) is 7.05 Å². The summed E-state index contributed by atoms with van der Waals surface area (Å²) in [6, 6.07) is 27.3. The third-order valence-corrected chi connectivity index (χ3v) is 13.1. The van der Waals surface area contributed by atoms with Crippen molar-refractivity contribution < 1.29 is 60.3 Å². The summed E-state index contributed by atoms with van der Waals surface area (Å²) in [7, 11) is 2.64. The highest BCUT2D eigenvalue weighted by molar-refractivity contribution is 6.34. The van der Waals surface area contributed by atoms with Crippen LogP contribution in [0.1, 0.15) is 20.7 Å². The summed E-state index contributed by atoms with van der Waals surface area (Å²) in [4.78, 5) is 73.9. The number of methoxy groups -OCH3 is 1. The topological polar surface area (TPSA) is 215 Å². The smallest absolute Gasteiger partial charge is 0.335 e. The van der Waals surface area contributed by atoms with Crippen LogP contribution in [0.15, 0.2) is 160 Å². The number of aromatic nitrogens is 5. The lowest BCUT2D eigenvalue weighted by atomic mass is 10.1. The molecule has 83 heavy (non-hydrogen) atoms. The first-order valence-electron chi connectivity index (χ1n) is 24.9. The number of carbonyl (C=O) groups excluding carboxylic acids is 2. The summed E-state index contributed by atoms with van der Waals surface area (Å²) in [5.74, 6) is -2.09. The molecule has 6 heterocycles. The Labute approximate surface area is 470 Å². The lowest BCUT2D eigenvalue weighted by Gasteiger charge is -2.21. The van der Waals surface area contributed by atoms with E-state index in [2.05, 4.69) is 20.6 Å². The van der Waals surface area contributed by atoms with E-state index in [1.54, 1.807) is 36.5 Å². The molecule has 0 radical (unpaired) electrons. The zero-order chi connectivity index (χ0) is 58.1. The Kier molecular flexibility index (Phi) is 14.9. The molecule has 24 heteroatoms. The normalized spacial score (nSPS) is 12.2. The zero-order valence-corrected chi connectivity index (χ0v) is 44.0. The number of amides is 2. The van der Waals surface area contributed by atoms with Gasteiger partial charge in [0.1, 0.15) is 78.0 Å². The molecule has 0 spiro atoms. The van der Waals surface area contributed by atoms with Crippen molar-refractivity contribution in [3.05, 3.63) is 217 Å². The van der Waals surface area contributed by atoms with E-state index in [9.17, 15) is 32.8 Å². The summed E-state index contributed by atoms with van der Waals surface area (Å²) in [6.07, 6.45) is 5.50. The number of halogens is 5. The quantitative estimate of drug-likeness (QED) is 0.115. The van der Waals surface area contributed by atoms with Crippen LogP contribution < -0.4 is 60.6 Å². The molecule has 4 aromatic heterocycles. The summed E-state index contributed by atoms with van der Waals surface area (Å²) in [5.41, 5.74) is -2.03. The second-order valence-corrected chi connectivity index (χ2v) is 18.5. The number of anilines is 2. The highest BCUT2D eigenvalue weighted by atomic mass is 35.5. The fraction of sp³-hybridized carbons (Fsp3) is 0.102. The molecule has 6 aromatic carbocycles. The standard InChI is InChI=1S/C30H21F2N3O6.C29H19ClF2N4O6/c1-38-23-11-13-35(18-4-2-17(31)3-5-18)30(37)27(23)29(36)34-21-7-6-19(16-20(21)32)41-24-10-12-33-22-8-9-25-28(26(22)24)40-15-14-39-25;1-35-14-17(28(38)36(29(35)39)16-4-2-15(31)3-5-16)27(37)34-21-13-19(32)24(12-18(21)30)42-22-8-9-33-20-6-7-23-26(25(20)22)41-11-10-40-23/h2-13,16H,14-15H2,1H3,(H,34,36);2-9,12-14H,10-11H2,1H3,(H,34,37). The second-order valence-electron chi connectivity index (χ2n) is 18.1. The average molecular weight is 1150 g/mol. The maximum absolute atomic E-state index is 15.3. The predicted octanol–water partition coefficient (Wildman–Crippen LogP) is 10.3. The van der Waals surface area contributed by atoms with Crippen LogP contribution in [0.25, 0.3) is 33.2 Å². The van der Waals surface area contributed by atoms with E-state index in [1.165, 1.54) is 93.3 Å². The van der Waals surface area contributed by atoms with Gasteiger partial charge in [-0.3, -0.25) is 33.7 Å². The Bertz CT molecular complexity index is 4430. The van der Waals surface area contributed by atoms with Crippen molar-refractivity contribution in [3.8, 4) is 63.1 Å². The maximum atomic E-state index is 15.3. The molecular formula is C59H40ClF4N7O12. The summed E-state index contributed by atoms with van der Waals surface area (Å²) in [5, 5.41) is 5.79. The van der Waals surface area contributed by atoms with E-state index >= 15 is 8.78 Å². The van der Waals surface area contributed by atoms with Crippen LogP contribution in [0.5, 0.6) is 51.7 Å². The Morgan fingerprint density at radius 1 is 0.590 bits per heavy atom. The van der Waals surface area contributed by atoms with Crippen LogP contribution in [-0.2, 0) is 7.05 Å². The molecular weight excluding hydrogens is 1110 g/mol. The molecule has 0 unspecified atom stereocenters. The van der Waals surface area contributed by atoms with Gasteiger partial charge in [-0.1, -0.05) is 11.6 Å². The monoisotopic (exact) mass is 1150 g/mol. The van der Waals surface area contributed by atoms with Crippen LogP contribution in [0.3, 0.4) is 0 Å². The number of nitrogens with zero attached hydrogens (tertiary/aromatic N) is 5. The number of benzene rings is 6. The molecule has 0 saturated heterocycles. The van der Waals surface area contributed by atoms with E-state index in [0.29, 0.717) is 82.7 Å². The van der Waals surface area contributed by atoms with Gasteiger partial charge in [0.2, 0.25) is 0 Å². The van der Waals surface area contributed by atoms with Crippen LogP contribution in [0.2, 0.25) is 5.02 Å². The lowest BCUT2D eigenvalue weighted by Crippen LogP contribution is -2.41. The Balaban J connectivity index is 0.000000174. The van der Waals surface area contributed by atoms with Crippen LogP contribution in [-0.4, -0.2) is 69.0 Å². The first-order valence-corrected chi connectivity index (χ1v) is 25.3. The van der Waals surface area contributed by atoms with Gasteiger partial charge in [-0.25, -0.2) is 26.9 Å². The number of rotatable bonds is 11. The van der Waals surface area contributed by atoms with E-state index in [1.807, 2.05) is 0 Å². The van der Waals surface area contributed by atoms with Gasteiger partial charge >= 0.3 is 5.69 Å². The van der Waals surface area contributed by atoms with Gasteiger partial charge in [0.05, 0.1) is 51.0 Å². The Morgan fingerprint density at radius 3 is 1.77 bits per heavy atom. The van der Waals surface area contributed by atoms with Gasteiger partial charge in [-0.2, -0.15) is 0 Å². The number of ether oxygens (including phenoxy) is 7. The molecule has 0 atom stereocenters. The molecule has 2 aliphatic rings. The fourth-order valence-electron chi connectivity index (χ4n) is 8.94. The second kappa shape index (κ2) is 22.8. The number of aryl methyl sites for hydroxylation is 1. The minimum Gasteiger partial charge on any atom is -0.496 e. The van der Waals surface area contributed by atoms with Gasteiger partial charge < -0.3 is 48.4 Å². The van der Waals surface area contributed by atoms with Crippen molar-refractivity contribution in [1.82, 2.24) is 23.7 Å². The third kappa shape index (κ3) is 10.9. The minimum absolute atomic E-state index is 0.00896. The largest absolute Gasteiger partial charge is 0.496 e. The van der Waals surface area contributed by atoms with Gasteiger partial charge in [0.25, 0.3) is 22.9 Å². The van der Waals surface area contributed by atoms with Crippen LogP contribution >= 0.6 is 11.6 Å². The molecule has 2 aliphatic heterocycles. The van der Waals surface area contributed by atoms with Crippen molar-refractivity contribution in [3.63, 3.8) is 0 Å². The highest BCUT2D eigenvalue weighted by Gasteiger charge is 2.26. The molecule has 0 saturated carbocycles. The van der Waals surface area contributed by atoms with Crippen molar-refractivity contribution in [2.75, 3.05) is 44.2 Å². The van der Waals surface area contributed by atoms with E-state index < -0.39 is 57.5 Å². The molecule has 0 fully saturated rings. The van der Waals surface area contributed by atoms with E-state index in [-0.39, 0.29) is 50.6 Å². The Hall–Kier alpha value is -10.7. The highest BCUT2D eigenvalue weighted by Crippen LogP contribution is 2.45. The first kappa shape index (κ1) is 54.3. The number of nitrogens with one attached hydrogen (secondary N) is 2. The SMILES string of the molecule is COc1ccn(-c2ccc(F)cc2)c(=O)c1C(=O)Nc1ccc(Oc2ccnc3ccc4c(c23)OCCO4)cc1F.Cn1cc(C(=O)Nc2cc(F)c(Oc3ccnc4ccc5c(c34)OCCO5)cc2Cl)c(=O)n(-c2ccc(F)cc2)c1=O. The molecule has 19 nitrogen and oxygen atoms in total.